The van der Waals surface area contributed by atoms with E-state index in [4.69, 9.17) is 21.1 Å². The van der Waals surface area contributed by atoms with Gasteiger partial charge in [0.2, 0.25) is 11.8 Å². The van der Waals surface area contributed by atoms with E-state index in [9.17, 15) is 0 Å². The lowest BCUT2D eigenvalue weighted by molar-refractivity contribution is 0.352. The first kappa shape index (κ1) is 15.5. The number of hydrogen-bond donors (Lipinski definition) is 1. The fraction of sp³-hybridized carbons (Fsp3) is 0.333. The van der Waals surface area contributed by atoms with Crippen molar-refractivity contribution in [1.82, 2.24) is 15.3 Å². The van der Waals surface area contributed by atoms with Crippen molar-refractivity contribution in [3.63, 3.8) is 0 Å². The lowest BCUT2D eigenvalue weighted by Crippen LogP contribution is -2.24. The number of rotatable bonds is 6. The lowest BCUT2D eigenvalue weighted by Gasteiger charge is -2.19. The normalized spacial score (nSPS) is 12.0. The minimum absolute atomic E-state index is 0.124. The molecule has 0 aliphatic carbocycles. The molecule has 1 heterocycles. The number of methoxy groups -OCH3 is 2. The van der Waals surface area contributed by atoms with Gasteiger partial charge in [0, 0.05) is 5.02 Å². The van der Waals surface area contributed by atoms with Crippen molar-refractivity contribution in [2.24, 2.45) is 0 Å². The van der Waals surface area contributed by atoms with Gasteiger partial charge in [-0.25, -0.2) is 4.98 Å². The van der Waals surface area contributed by atoms with E-state index in [0.717, 1.165) is 12.1 Å². The van der Waals surface area contributed by atoms with Crippen LogP contribution < -0.4 is 14.8 Å². The second-order valence-electron chi connectivity index (χ2n) is 4.35. The zero-order valence-electron chi connectivity index (χ0n) is 12.3. The molecule has 0 bridgehead atoms. The standard InChI is InChI=1S/C15H18ClN3O2/c1-4-17-13(10-5-7-11(16)8-6-10)14-15(21-3)19-12(20-2)9-18-14/h5-9,13,17H,4H2,1-3H3. The number of nitrogens with zero attached hydrogens (tertiary/aromatic N) is 2. The highest BCUT2D eigenvalue weighted by Gasteiger charge is 2.21. The summed E-state index contributed by atoms with van der Waals surface area (Å²) in [6, 6.07) is 7.50. The van der Waals surface area contributed by atoms with E-state index in [-0.39, 0.29) is 6.04 Å². The fourth-order valence-corrected chi connectivity index (χ4v) is 2.17. The van der Waals surface area contributed by atoms with Crippen LogP contribution in [0.1, 0.15) is 24.2 Å². The molecule has 2 aromatic rings. The Morgan fingerprint density at radius 3 is 2.48 bits per heavy atom. The Hall–Kier alpha value is -1.85. The van der Waals surface area contributed by atoms with Crippen LogP contribution in [0.15, 0.2) is 30.5 Å². The van der Waals surface area contributed by atoms with E-state index in [2.05, 4.69) is 15.3 Å². The quantitative estimate of drug-likeness (QED) is 0.889. The molecule has 1 aromatic carbocycles. The second-order valence-corrected chi connectivity index (χ2v) is 4.79. The molecular weight excluding hydrogens is 290 g/mol. The minimum atomic E-state index is -0.124. The highest BCUT2D eigenvalue weighted by molar-refractivity contribution is 6.30. The summed E-state index contributed by atoms with van der Waals surface area (Å²) in [4.78, 5) is 8.71. The molecule has 1 N–H and O–H groups in total. The monoisotopic (exact) mass is 307 g/mol. The lowest BCUT2D eigenvalue weighted by atomic mass is 10.0. The van der Waals surface area contributed by atoms with Crippen LogP contribution in [0.25, 0.3) is 0 Å². The van der Waals surface area contributed by atoms with Crippen LogP contribution in [-0.4, -0.2) is 30.7 Å². The molecule has 0 saturated heterocycles. The van der Waals surface area contributed by atoms with Crippen LogP contribution in [0.4, 0.5) is 0 Å². The summed E-state index contributed by atoms with van der Waals surface area (Å²) in [5.41, 5.74) is 1.75. The van der Waals surface area contributed by atoms with Gasteiger partial charge in [-0.3, -0.25) is 0 Å². The van der Waals surface area contributed by atoms with E-state index in [1.807, 2.05) is 31.2 Å². The number of nitrogens with one attached hydrogen (secondary N) is 1. The van der Waals surface area contributed by atoms with Crippen molar-refractivity contribution in [3.05, 3.63) is 46.7 Å². The van der Waals surface area contributed by atoms with E-state index in [1.54, 1.807) is 20.4 Å². The van der Waals surface area contributed by atoms with Gasteiger partial charge in [0.15, 0.2) is 0 Å². The molecule has 0 radical (unpaired) electrons. The number of hydrogen-bond acceptors (Lipinski definition) is 5. The minimum Gasteiger partial charge on any atom is -0.480 e. The molecular formula is C15H18ClN3O2. The Kier molecular flexibility index (Phi) is 5.36. The Morgan fingerprint density at radius 2 is 1.90 bits per heavy atom. The summed E-state index contributed by atoms with van der Waals surface area (Å²) in [5.74, 6) is 0.859. The van der Waals surface area contributed by atoms with Crippen LogP contribution in [0.2, 0.25) is 5.02 Å². The Bertz CT molecular complexity index is 590. The summed E-state index contributed by atoms with van der Waals surface area (Å²) in [5, 5.41) is 4.08. The highest BCUT2D eigenvalue weighted by atomic mass is 35.5. The smallest absolute Gasteiger partial charge is 0.240 e. The predicted molar refractivity (Wildman–Crippen MR) is 82.1 cm³/mol. The molecule has 21 heavy (non-hydrogen) atoms. The van der Waals surface area contributed by atoms with Gasteiger partial charge in [0.1, 0.15) is 5.69 Å². The molecule has 112 valence electrons. The van der Waals surface area contributed by atoms with Crippen LogP contribution in [-0.2, 0) is 0 Å². The molecule has 0 aliphatic rings. The van der Waals surface area contributed by atoms with Gasteiger partial charge in [-0.1, -0.05) is 30.7 Å². The number of halogens is 1. The van der Waals surface area contributed by atoms with E-state index < -0.39 is 0 Å². The van der Waals surface area contributed by atoms with Gasteiger partial charge in [0.05, 0.1) is 26.5 Å². The molecule has 0 saturated carbocycles. The Labute approximate surface area is 129 Å². The molecule has 1 unspecified atom stereocenters. The largest absolute Gasteiger partial charge is 0.480 e. The molecule has 0 spiro atoms. The molecule has 5 nitrogen and oxygen atoms in total. The summed E-state index contributed by atoms with van der Waals surface area (Å²) in [7, 11) is 3.11. The zero-order valence-corrected chi connectivity index (χ0v) is 13.0. The van der Waals surface area contributed by atoms with Gasteiger partial charge in [0.25, 0.3) is 0 Å². The molecule has 0 fully saturated rings. The van der Waals surface area contributed by atoms with Crippen molar-refractivity contribution in [3.8, 4) is 11.8 Å². The molecule has 0 aliphatic heterocycles. The Morgan fingerprint density at radius 1 is 1.19 bits per heavy atom. The number of benzene rings is 1. The van der Waals surface area contributed by atoms with E-state index in [0.29, 0.717) is 22.5 Å². The van der Waals surface area contributed by atoms with E-state index in [1.165, 1.54) is 0 Å². The fourth-order valence-electron chi connectivity index (χ4n) is 2.04. The van der Waals surface area contributed by atoms with E-state index >= 15 is 0 Å². The molecule has 0 amide bonds. The summed E-state index contributed by atoms with van der Waals surface area (Å²) in [6.07, 6.45) is 1.58. The van der Waals surface area contributed by atoms with Gasteiger partial charge in [-0.2, -0.15) is 4.98 Å². The SMILES string of the molecule is CCNC(c1ccc(Cl)cc1)c1ncc(OC)nc1OC. The van der Waals surface area contributed by atoms with Gasteiger partial charge >= 0.3 is 0 Å². The zero-order chi connectivity index (χ0) is 15.2. The van der Waals surface area contributed by atoms with Crippen LogP contribution >= 0.6 is 11.6 Å². The van der Waals surface area contributed by atoms with Crippen molar-refractivity contribution in [2.45, 2.75) is 13.0 Å². The van der Waals surface area contributed by atoms with Gasteiger partial charge in [-0.05, 0) is 24.2 Å². The average Bonchev–Trinajstić information content (AvgIpc) is 2.53. The van der Waals surface area contributed by atoms with Crippen molar-refractivity contribution in [2.75, 3.05) is 20.8 Å². The van der Waals surface area contributed by atoms with Crippen LogP contribution in [0, 0.1) is 0 Å². The first-order chi connectivity index (χ1) is 10.2. The molecule has 1 aromatic heterocycles. The summed E-state index contributed by atoms with van der Waals surface area (Å²) in [6.45, 7) is 2.82. The Balaban J connectivity index is 2.44. The predicted octanol–water partition coefficient (Wildman–Crippen LogP) is 2.85. The topological polar surface area (TPSA) is 56.3 Å². The van der Waals surface area contributed by atoms with Gasteiger partial charge in [-0.15, -0.1) is 0 Å². The summed E-state index contributed by atoms with van der Waals surface area (Å²) < 4.78 is 10.4. The third-order valence-electron chi connectivity index (χ3n) is 3.03. The first-order valence-corrected chi connectivity index (χ1v) is 7.01. The molecule has 1 atom stereocenters. The highest BCUT2D eigenvalue weighted by Crippen LogP contribution is 2.28. The van der Waals surface area contributed by atoms with Crippen LogP contribution in [0.3, 0.4) is 0 Å². The maximum atomic E-state index is 5.95. The maximum absolute atomic E-state index is 5.95. The average molecular weight is 308 g/mol. The number of ether oxygens (including phenoxy) is 2. The van der Waals surface area contributed by atoms with Crippen molar-refractivity contribution >= 4 is 11.6 Å². The van der Waals surface area contributed by atoms with Crippen LogP contribution in [0.5, 0.6) is 11.8 Å². The number of aromatic nitrogens is 2. The first-order valence-electron chi connectivity index (χ1n) is 6.63. The third kappa shape index (κ3) is 3.62. The van der Waals surface area contributed by atoms with Gasteiger partial charge < -0.3 is 14.8 Å². The van der Waals surface area contributed by atoms with Crippen molar-refractivity contribution in [1.29, 1.82) is 0 Å². The second kappa shape index (κ2) is 7.24. The summed E-state index contributed by atoms with van der Waals surface area (Å²) >= 11 is 5.95. The molecule has 6 heteroatoms. The third-order valence-corrected chi connectivity index (χ3v) is 3.28. The van der Waals surface area contributed by atoms with Crippen molar-refractivity contribution < 1.29 is 9.47 Å². The molecule has 2 rings (SSSR count). The maximum Gasteiger partial charge on any atom is 0.240 e.